The number of benzene rings is 1. The summed E-state index contributed by atoms with van der Waals surface area (Å²) in [5.74, 6) is 0. The number of piperazine rings is 1. The lowest BCUT2D eigenvalue weighted by Crippen LogP contribution is -2.49. The van der Waals surface area contributed by atoms with Crippen molar-refractivity contribution in [3.8, 4) is 0 Å². The molecule has 0 aromatic heterocycles. The highest BCUT2D eigenvalue weighted by atomic mass is 16.6. The maximum atomic E-state index is 10.9. The van der Waals surface area contributed by atoms with Gasteiger partial charge in [-0.2, -0.15) is 0 Å². The third-order valence-corrected chi connectivity index (χ3v) is 3.12. The van der Waals surface area contributed by atoms with Crippen LogP contribution in [0.5, 0.6) is 0 Å². The lowest BCUT2D eigenvalue weighted by Gasteiger charge is -2.33. The Kier molecular flexibility index (Phi) is 3.28. The number of anilines is 1. The highest BCUT2D eigenvalue weighted by molar-refractivity contribution is 5.56. The highest BCUT2D eigenvalue weighted by Gasteiger charge is 2.19. The first-order chi connectivity index (χ1) is 8.08. The van der Waals surface area contributed by atoms with Crippen LogP contribution in [0.2, 0.25) is 0 Å². The van der Waals surface area contributed by atoms with Crippen molar-refractivity contribution in [1.29, 1.82) is 0 Å². The Labute approximate surface area is 101 Å². The molecule has 1 heterocycles. The number of aryl methyl sites for hydroxylation is 1. The molecule has 1 saturated heterocycles. The van der Waals surface area contributed by atoms with Crippen molar-refractivity contribution in [3.63, 3.8) is 0 Å². The molecule has 0 amide bonds. The zero-order valence-corrected chi connectivity index (χ0v) is 10.1. The minimum atomic E-state index is -0.315. The molecule has 5 heteroatoms. The number of hydrogen-bond donors (Lipinski definition) is 1. The molecule has 1 N–H and O–H groups in total. The van der Waals surface area contributed by atoms with Crippen molar-refractivity contribution >= 4 is 11.4 Å². The first kappa shape index (κ1) is 11.9. The van der Waals surface area contributed by atoms with Gasteiger partial charge in [0.1, 0.15) is 0 Å². The predicted octanol–water partition coefficient (Wildman–Crippen LogP) is 1.70. The van der Waals surface area contributed by atoms with Crippen LogP contribution in [-0.2, 0) is 0 Å². The van der Waals surface area contributed by atoms with Gasteiger partial charge in [0.05, 0.1) is 4.92 Å². The first-order valence-corrected chi connectivity index (χ1v) is 5.81. The van der Waals surface area contributed by atoms with Gasteiger partial charge in [0.15, 0.2) is 0 Å². The van der Waals surface area contributed by atoms with Crippen molar-refractivity contribution in [3.05, 3.63) is 33.9 Å². The molecule has 1 fully saturated rings. The van der Waals surface area contributed by atoms with Gasteiger partial charge in [-0.1, -0.05) is 6.07 Å². The molecule has 0 spiro atoms. The molecule has 1 aliphatic rings. The molecule has 5 nitrogen and oxygen atoms in total. The molecule has 0 unspecified atom stereocenters. The van der Waals surface area contributed by atoms with Gasteiger partial charge < -0.3 is 10.2 Å². The number of nitro benzene ring substituents is 1. The average molecular weight is 235 g/mol. The minimum Gasteiger partial charge on any atom is -0.369 e. The Morgan fingerprint density at radius 1 is 1.53 bits per heavy atom. The number of hydrogen-bond acceptors (Lipinski definition) is 4. The van der Waals surface area contributed by atoms with E-state index >= 15 is 0 Å². The van der Waals surface area contributed by atoms with E-state index in [2.05, 4.69) is 17.1 Å². The van der Waals surface area contributed by atoms with E-state index in [-0.39, 0.29) is 10.6 Å². The summed E-state index contributed by atoms with van der Waals surface area (Å²) in [5, 5.41) is 14.3. The van der Waals surface area contributed by atoms with Crippen LogP contribution in [0.4, 0.5) is 11.4 Å². The molecule has 1 aromatic rings. The summed E-state index contributed by atoms with van der Waals surface area (Å²) < 4.78 is 0. The number of nitrogens with one attached hydrogen (secondary N) is 1. The summed E-state index contributed by atoms with van der Waals surface area (Å²) in [6.45, 7) is 6.59. The van der Waals surface area contributed by atoms with E-state index in [1.165, 1.54) is 0 Å². The van der Waals surface area contributed by atoms with Crippen LogP contribution < -0.4 is 10.2 Å². The molecule has 92 valence electrons. The first-order valence-electron chi connectivity index (χ1n) is 5.81. The van der Waals surface area contributed by atoms with Gasteiger partial charge in [-0.05, 0) is 19.9 Å². The van der Waals surface area contributed by atoms with Crippen LogP contribution in [0.3, 0.4) is 0 Å². The quantitative estimate of drug-likeness (QED) is 0.626. The minimum absolute atomic E-state index is 0.202. The Hall–Kier alpha value is -1.62. The molecule has 1 aliphatic heterocycles. The molecule has 0 aliphatic carbocycles. The molecule has 1 atom stereocenters. The van der Waals surface area contributed by atoms with Gasteiger partial charge in [0.2, 0.25) is 0 Å². The molecule has 0 saturated carbocycles. The summed E-state index contributed by atoms with van der Waals surface area (Å²) in [7, 11) is 0. The van der Waals surface area contributed by atoms with E-state index in [1.807, 2.05) is 12.1 Å². The largest absolute Gasteiger partial charge is 0.369 e. The molecule has 0 bridgehead atoms. The van der Waals surface area contributed by atoms with E-state index in [4.69, 9.17) is 0 Å². The standard InChI is InChI=1S/C12H17N3O2/c1-9-3-4-11(7-12(9)15(16)17)14-6-5-13-10(2)8-14/h3-4,7,10,13H,5-6,8H2,1-2H3/t10-/m0/s1. The Balaban J connectivity index is 2.26. The summed E-state index contributed by atoms with van der Waals surface area (Å²) in [4.78, 5) is 12.8. The van der Waals surface area contributed by atoms with Gasteiger partial charge in [0.25, 0.3) is 5.69 Å². The van der Waals surface area contributed by atoms with E-state index in [9.17, 15) is 10.1 Å². The fourth-order valence-corrected chi connectivity index (χ4v) is 2.16. The van der Waals surface area contributed by atoms with Gasteiger partial charge >= 0.3 is 0 Å². The van der Waals surface area contributed by atoms with Gasteiger partial charge in [0, 0.05) is 43.0 Å². The molecule has 2 rings (SSSR count). The molecule has 1 aromatic carbocycles. The summed E-state index contributed by atoms with van der Waals surface area (Å²) in [6, 6.07) is 5.87. The fourth-order valence-electron chi connectivity index (χ4n) is 2.16. The summed E-state index contributed by atoms with van der Waals surface area (Å²) >= 11 is 0. The maximum absolute atomic E-state index is 10.9. The van der Waals surface area contributed by atoms with Crippen LogP contribution in [-0.4, -0.2) is 30.6 Å². The van der Waals surface area contributed by atoms with Crippen LogP contribution in [0.25, 0.3) is 0 Å². The average Bonchev–Trinajstić information content (AvgIpc) is 2.29. The van der Waals surface area contributed by atoms with Gasteiger partial charge in [-0.25, -0.2) is 0 Å². The highest BCUT2D eigenvalue weighted by Crippen LogP contribution is 2.25. The van der Waals surface area contributed by atoms with Crippen LogP contribution in [0.15, 0.2) is 18.2 Å². The fraction of sp³-hybridized carbons (Fsp3) is 0.500. The topological polar surface area (TPSA) is 58.4 Å². The van der Waals surface area contributed by atoms with Crippen molar-refractivity contribution in [2.45, 2.75) is 19.9 Å². The third kappa shape index (κ3) is 2.55. The number of rotatable bonds is 2. The second-order valence-electron chi connectivity index (χ2n) is 4.53. The van der Waals surface area contributed by atoms with Crippen LogP contribution in [0.1, 0.15) is 12.5 Å². The van der Waals surface area contributed by atoms with Gasteiger partial charge in [-0.3, -0.25) is 10.1 Å². The monoisotopic (exact) mass is 235 g/mol. The van der Waals surface area contributed by atoms with E-state index < -0.39 is 0 Å². The van der Waals surface area contributed by atoms with Crippen molar-refractivity contribution in [1.82, 2.24) is 5.32 Å². The third-order valence-electron chi connectivity index (χ3n) is 3.12. The van der Waals surface area contributed by atoms with Crippen molar-refractivity contribution < 1.29 is 4.92 Å². The van der Waals surface area contributed by atoms with Crippen molar-refractivity contribution in [2.24, 2.45) is 0 Å². The normalized spacial score (nSPS) is 20.4. The van der Waals surface area contributed by atoms with Crippen LogP contribution >= 0.6 is 0 Å². The molecule has 0 radical (unpaired) electrons. The summed E-state index contributed by atoms with van der Waals surface area (Å²) in [6.07, 6.45) is 0. The lowest BCUT2D eigenvalue weighted by atomic mass is 10.1. The summed E-state index contributed by atoms with van der Waals surface area (Å²) in [5.41, 5.74) is 1.85. The number of nitrogens with zero attached hydrogens (tertiary/aromatic N) is 2. The molecular weight excluding hydrogens is 218 g/mol. The zero-order chi connectivity index (χ0) is 12.4. The Morgan fingerprint density at radius 2 is 2.29 bits per heavy atom. The van der Waals surface area contributed by atoms with E-state index in [0.29, 0.717) is 11.6 Å². The second kappa shape index (κ2) is 4.71. The van der Waals surface area contributed by atoms with E-state index in [1.54, 1.807) is 13.0 Å². The maximum Gasteiger partial charge on any atom is 0.274 e. The Morgan fingerprint density at radius 3 is 2.94 bits per heavy atom. The molecular formula is C12H17N3O2. The second-order valence-corrected chi connectivity index (χ2v) is 4.53. The van der Waals surface area contributed by atoms with Crippen LogP contribution in [0, 0.1) is 17.0 Å². The number of nitro groups is 1. The SMILES string of the molecule is Cc1ccc(N2CCN[C@@H](C)C2)cc1[N+](=O)[O-]. The van der Waals surface area contributed by atoms with Gasteiger partial charge in [-0.15, -0.1) is 0 Å². The molecule has 17 heavy (non-hydrogen) atoms. The predicted molar refractivity (Wildman–Crippen MR) is 67.5 cm³/mol. The Bertz CT molecular complexity index is 434. The van der Waals surface area contributed by atoms with E-state index in [0.717, 1.165) is 25.3 Å². The zero-order valence-electron chi connectivity index (χ0n) is 10.1. The lowest BCUT2D eigenvalue weighted by molar-refractivity contribution is -0.385. The smallest absolute Gasteiger partial charge is 0.274 e. The van der Waals surface area contributed by atoms with Crippen molar-refractivity contribution in [2.75, 3.05) is 24.5 Å².